The molecule has 4 nitrogen and oxygen atoms in total. The third kappa shape index (κ3) is 2.53. The van der Waals surface area contributed by atoms with Crippen molar-refractivity contribution >= 4 is 22.5 Å². The molecular weight excluding hydrogens is 212 g/mol. The molecule has 0 radical (unpaired) electrons. The summed E-state index contributed by atoms with van der Waals surface area (Å²) in [6.45, 7) is 4.58. The minimum Gasteiger partial charge on any atom is -0.370 e. The van der Waals surface area contributed by atoms with Crippen LogP contribution in [0.25, 0.3) is 10.9 Å². The molecular formula is C13H16N4. The van der Waals surface area contributed by atoms with E-state index in [4.69, 9.17) is 5.73 Å². The van der Waals surface area contributed by atoms with E-state index in [2.05, 4.69) is 21.4 Å². The maximum Gasteiger partial charge on any atom is 0.193 e. The van der Waals surface area contributed by atoms with E-state index in [1.54, 1.807) is 0 Å². The number of nitrogens with zero attached hydrogens (tertiary/aromatic N) is 2. The first kappa shape index (κ1) is 11.4. The summed E-state index contributed by atoms with van der Waals surface area (Å²) in [5.41, 5.74) is 8.55. The normalized spacial score (nSPS) is 11.8. The topological polar surface area (TPSA) is 63.3 Å². The van der Waals surface area contributed by atoms with Crippen molar-refractivity contribution in [3.8, 4) is 0 Å². The molecule has 1 aromatic carbocycles. The SMILES string of the molecule is CCN=C(N)Nc1cccc2ccc(C)nc12. The van der Waals surface area contributed by atoms with Crippen LogP contribution in [-0.4, -0.2) is 17.5 Å². The number of aromatic nitrogens is 1. The average molecular weight is 228 g/mol. The summed E-state index contributed by atoms with van der Waals surface area (Å²) >= 11 is 0. The van der Waals surface area contributed by atoms with Crippen LogP contribution in [0.1, 0.15) is 12.6 Å². The van der Waals surface area contributed by atoms with E-state index in [-0.39, 0.29) is 0 Å². The zero-order valence-corrected chi connectivity index (χ0v) is 10.1. The number of pyridine rings is 1. The Bertz CT molecular complexity index is 560. The summed E-state index contributed by atoms with van der Waals surface area (Å²) in [6, 6.07) is 10.00. The number of anilines is 1. The molecule has 0 amide bonds. The number of benzene rings is 1. The van der Waals surface area contributed by atoms with Gasteiger partial charge in [0.25, 0.3) is 0 Å². The zero-order valence-electron chi connectivity index (χ0n) is 10.1. The minimum atomic E-state index is 0.420. The van der Waals surface area contributed by atoms with Gasteiger partial charge in [-0.15, -0.1) is 0 Å². The molecule has 0 bridgehead atoms. The molecule has 0 spiro atoms. The van der Waals surface area contributed by atoms with Crippen molar-refractivity contribution in [1.82, 2.24) is 4.98 Å². The molecule has 0 fully saturated rings. The lowest BCUT2D eigenvalue weighted by Crippen LogP contribution is -2.22. The number of nitrogens with two attached hydrogens (primary N) is 1. The van der Waals surface area contributed by atoms with Crippen molar-refractivity contribution in [3.05, 3.63) is 36.0 Å². The number of rotatable bonds is 2. The van der Waals surface area contributed by atoms with Crippen molar-refractivity contribution in [2.75, 3.05) is 11.9 Å². The Balaban J connectivity index is 2.46. The number of guanidine groups is 1. The van der Waals surface area contributed by atoms with Crippen LogP contribution in [0.4, 0.5) is 5.69 Å². The third-order valence-corrected chi connectivity index (χ3v) is 2.45. The number of hydrogen-bond donors (Lipinski definition) is 2. The predicted octanol–water partition coefficient (Wildman–Crippen LogP) is 2.29. The molecule has 1 aromatic heterocycles. The number of aryl methyl sites for hydroxylation is 1. The molecule has 3 N–H and O–H groups in total. The van der Waals surface area contributed by atoms with E-state index in [1.807, 2.05) is 38.1 Å². The smallest absolute Gasteiger partial charge is 0.193 e. The monoisotopic (exact) mass is 228 g/mol. The highest BCUT2D eigenvalue weighted by atomic mass is 15.1. The molecule has 0 aliphatic carbocycles. The lowest BCUT2D eigenvalue weighted by molar-refractivity contribution is 1.12. The minimum absolute atomic E-state index is 0.420. The molecule has 88 valence electrons. The summed E-state index contributed by atoms with van der Waals surface area (Å²) in [4.78, 5) is 8.62. The number of hydrogen-bond acceptors (Lipinski definition) is 2. The molecule has 0 aliphatic heterocycles. The van der Waals surface area contributed by atoms with Gasteiger partial charge in [-0.25, -0.2) is 0 Å². The van der Waals surface area contributed by atoms with Crippen molar-refractivity contribution in [2.45, 2.75) is 13.8 Å². The van der Waals surface area contributed by atoms with Gasteiger partial charge in [-0.05, 0) is 26.0 Å². The second-order valence-corrected chi connectivity index (χ2v) is 3.81. The van der Waals surface area contributed by atoms with Gasteiger partial charge in [-0.1, -0.05) is 18.2 Å². The van der Waals surface area contributed by atoms with E-state index < -0.39 is 0 Å². The van der Waals surface area contributed by atoms with Crippen LogP contribution >= 0.6 is 0 Å². The molecule has 2 aromatic rings. The Hall–Kier alpha value is -2.10. The highest BCUT2D eigenvalue weighted by Crippen LogP contribution is 2.21. The van der Waals surface area contributed by atoms with Gasteiger partial charge in [0.2, 0.25) is 0 Å². The number of nitrogens with one attached hydrogen (secondary N) is 1. The summed E-state index contributed by atoms with van der Waals surface area (Å²) in [5, 5.41) is 4.17. The number of para-hydroxylation sites is 1. The average Bonchev–Trinajstić information content (AvgIpc) is 2.30. The summed E-state index contributed by atoms with van der Waals surface area (Å²) in [6.07, 6.45) is 0. The van der Waals surface area contributed by atoms with Crippen LogP contribution in [0.5, 0.6) is 0 Å². The van der Waals surface area contributed by atoms with E-state index in [1.165, 1.54) is 0 Å². The van der Waals surface area contributed by atoms with Crippen LogP contribution in [0, 0.1) is 6.92 Å². The fourth-order valence-corrected chi connectivity index (χ4v) is 1.69. The van der Waals surface area contributed by atoms with Crippen molar-refractivity contribution in [3.63, 3.8) is 0 Å². The Morgan fingerprint density at radius 3 is 2.94 bits per heavy atom. The van der Waals surface area contributed by atoms with E-state index in [9.17, 15) is 0 Å². The lowest BCUT2D eigenvalue weighted by atomic mass is 10.2. The summed E-state index contributed by atoms with van der Waals surface area (Å²) in [7, 11) is 0. The lowest BCUT2D eigenvalue weighted by Gasteiger charge is -2.08. The zero-order chi connectivity index (χ0) is 12.3. The van der Waals surface area contributed by atoms with Crippen molar-refractivity contribution in [1.29, 1.82) is 0 Å². The van der Waals surface area contributed by atoms with Crippen LogP contribution < -0.4 is 11.1 Å². The molecule has 0 unspecified atom stereocenters. The predicted molar refractivity (Wildman–Crippen MR) is 72.3 cm³/mol. The molecule has 4 heteroatoms. The van der Waals surface area contributed by atoms with E-state index in [0.29, 0.717) is 12.5 Å². The third-order valence-electron chi connectivity index (χ3n) is 2.45. The van der Waals surface area contributed by atoms with Crippen molar-refractivity contribution in [2.24, 2.45) is 10.7 Å². The molecule has 17 heavy (non-hydrogen) atoms. The summed E-state index contributed by atoms with van der Waals surface area (Å²) in [5.74, 6) is 0.420. The number of fused-ring (bicyclic) bond motifs is 1. The largest absolute Gasteiger partial charge is 0.370 e. The van der Waals surface area contributed by atoms with Gasteiger partial charge in [-0.2, -0.15) is 0 Å². The highest BCUT2D eigenvalue weighted by Gasteiger charge is 2.03. The van der Waals surface area contributed by atoms with Gasteiger partial charge in [0.15, 0.2) is 5.96 Å². The maximum atomic E-state index is 5.76. The van der Waals surface area contributed by atoms with Gasteiger partial charge in [0.1, 0.15) is 0 Å². The molecule has 0 saturated carbocycles. The first-order chi connectivity index (χ1) is 8.20. The second-order valence-electron chi connectivity index (χ2n) is 3.81. The Kier molecular flexibility index (Phi) is 3.23. The fraction of sp³-hybridized carbons (Fsp3) is 0.231. The molecule has 0 saturated heterocycles. The van der Waals surface area contributed by atoms with Crippen molar-refractivity contribution < 1.29 is 0 Å². The Morgan fingerprint density at radius 1 is 1.35 bits per heavy atom. The second kappa shape index (κ2) is 4.82. The van der Waals surface area contributed by atoms with Crippen LogP contribution in [-0.2, 0) is 0 Å². The van der Waals surface area contributed by atoms with Gasteiger partial charge in [0.05, 0.1) is 11.2 Å². The van der Waals surface area contributed by atoms with Crippen LogP contribution in [0.2, 0.25) is 0 Å². The summed E-state index contributed by atoms with van der Waals surface area (Å²) < 4.78 is 0. The highest BCUT2D eigenvalue weighted by molar-refractivity contribution is 6.01. The molecule has 0 aliphatic rings. The Morgan fingerprint density at radius 2 is 2.18 bits per heavy atom. The molecule has 2 rings (SSSR count). The quantitative estimate of drug-likeness (QED) is 0.612. The molecule has 0 atom stereocenters. The first-order valence-electron chi connectivity index (χ1n) is 5.64. The van der Waals surface area contributed by atoms with E-state index >= 15 is 0 Å². The van der Waals surface area contributed by atoms with Gasteiger partial charge < -0.3 is 11.1 Å². The maximum absolute atomic E-state index is 5.76. The fourth-order valence-electron chi connectivity index (χ4n) is 1.69. The van der Waals surface area contributed by atoms with Gasteiger partial charge in [0, 0.05) is 17.6 Å². The van der Waals surface area contributed by atoms with Gasteiger partial charge in [-0.3, -0.25) is 9.98 Å². The van der Waals surface area contributed by atoms with E-state index in [0.717, 1.165) is 22.3 Å². The van der Waals surface area contributed by atoms with Crippen LogP contribution in [0.15, 0.2) is 35.3 Å². The first-order valence-corrected chi connectivity index (χ1v) is 5.64. The van der Waals surface area contributed by atoms with Gasteiger partial charge >= 0.3 is 0 Å². The Labute approximate surface area is 101 Å². The van der Waals surface area contributed by atoms with Crippen LogP contribution in [0.3, 0.4) is 0 Å². The number of aliphatic imine (C=N–C) groups is 1. The molecule has 1 heterocycles. The standard InChI is InChI=1S/C13H16N4/c1-3-15-13(14)17-11-6-4-5-10-8-7-9(2)16-12(10)11/h4-8H,3H2,1-2H3,(H3,14,15,17).